The number of hydrogen-bond acceptors (Lipinski definition) is 3. The van der Waals surface area contributed by atoms with Crippen LogP contribution in [0, 0.1) is 3.57 Å². The zero-order valence-electron chi connectivity index (χ0n) is 13.4. The van der Waals surface area contributed by atoms with Crippen molar-refractivity contribution < 1.29 is 14.4 Å². The molecule has 4 N–H and O–H groups in total. The fourth-order valence-electron chi connectivity index (χ4n) is 2.20. The van der Waals surface area contributed by atoms with Crippen molar-refractivity contribution >= 4 is 40.3 Å². The third-order valence-corrected chi connectivity index (χ3v) is 4.56. The molecule has 1 atom stereocenters. The van der Waals surface area contributed by atoms with Gasteiger partial charge in [0.25, 0.3) is 5.91 Å². The molecule has 6 nitrogen and oxygen atoms in total. The Hall–Kier alpha value is -2.42. The molecule has 0 spiro atoms. The van der Waals surface area contributed by atoms with Gasteiger partial charge in [-0.15, -0.1) is 0 Å². The van der Waals surface area contributed by atoms with Crippen molar-refractivity contribution in [1.82, 2.24) is 10.6 Å². The molecule has 130 valence electrons. The zero-order valence-corrected chi connectivity index (χ0v) is 15.5. The normalized spacial score (nSPS) is 11.4. The summed E-state index contributed by atoms with van der Waals surface area (Å²) in [7, 11) is 0. The lowest BCUT2D eigenvalue weighted by Crippen LogP contribution is -2.49. The topological polar surface area (TPSA) is 101 Å². The molecule has 3 amide bonds. The molecule has 0 aliphatic carbocycles. The van der Waals surface area contributed by atoms with E-state index in [0.717, 1.165) is 9.13 Å². The number of carbonyl (C=O) groups is 3. The van der Waals surface area contributed by atoms with Crippen molar-refractivity contribution in [3.05, 3.63) is 69.3 Å². The summed E-state index contributed by atoms with van der Waals surface area (Å²) < 4.78 is 0.984. The predicted molar refractivity (Wildman–Crippen MR) is 103 cm³/mol. The molecule has 0 aliphatic rings. The van der Waals surface area contributed by atoms with Crippen LogP contribution < -0.4 is 16.4 Å². The Labute approximate surface area is 159 Å². The Bertz CT molecular complexity index is 765. The third-order valence-electron chi connectivity index (χ3n) is 3.51. The van der Waals surface area contributed by atoms with Gasteiger partial charge in [-0.05, 0) is 46.4 Å². The van der Waals surface area contributed by atoms with Gasteiger partial charge in [-0.1, -0.05) is 36.4 Å². The maximum Gasteiger partial charge on any atom is 0.251 e. The van der Waals surface area contributed by atoms with Crippen LogP contribution in [0.3, 0.4) is 0 Å². The molecule has 0 saturated heterocycles. The molecule has 25 heavy (non-hydrogen) atoms. The Balaban J connectivity index is 1.91. The van der Waals surface area contributed by atoms with E-state index in [0.29, 0.717) is 12.0 Å². The maximum absolute atomic E-state index is 12.0. The minimum atomic E-state index is -0.836. The van der Waals surface area contributed by atoms with E-state index in [-0.39, 0.29) is 12.5 Å². The summed E-state index contributed by atoms with van der Waals surface area (Å²) in [5, 5.41) is 5.08. The van der Waals surface area contributed by atoms with E-state index in [2.05, 4.69) is 33.2 Å². The van der Waals surface area contributed by atoms with Gasteiger partial charge in [0.15, 0.2) is 0 Å². The first-order valence-electron chi connectivity index (χ1n) is 7.62. The van der Waals surface area contributed by atoms with E-state index >= 15 is 0 Å². The van der Waals surface area contributed by atoms with Crippen molar-refractivity contribution in [2.24, 2.45) is 5.73 Å². The highest BCUT2D eigenvalue weighted by Gasteiger charge is 2.20. The Morgan fingerprint density at radius 1 is 1.00 bits per heavy atom. The molecule has 0 aromatic heterocycles. The van der Waals surface area contributed by atoms with Crippen LogP contribution in [0.1, 0.15) is 15.9 Å². The third kappa shape index (κ3) is 5.86. The van der Waals surface area contributed by atoms with Gasteiger partial charge in [0.1, 0.15) is 6.04 Å². The van der Waals surface area contributed by atoms with E-state index in [4.69, 9.17) is 5.73 Å². The molecule has 2 rings (SSSR count). The predicted octanol–water partition coefficient (Wildman–Crippen LogP) is 1.23. The van der Waals surface area contributed by atoms with Crippen LogP contribution in [0.5, 0.6) is 0 Å². The number of rotatable bonds is 7. The highest BCUT2D eigenvalue weighted by atomic mass is 127. The Kier molecular flexibility index (Phi) is 6.93. The monoisotopic (exact) mass is 451 g/mol. The average Bonchev–Trinajstić information content (AvgIpc) is 2.61. The number of carbonyl (C=O) groups excluding carboxylic acids is 3. The minimum Gasteiger partial charge on any atom is -0.368 e. The fourth-order valence-corrected chi connectivity index (χ4v) is 2.81. The summed E-state index contributed by atoms with van der Waals surface area (Å²) in [6.07, 6.45) is 0.298. The lowest BCUT2D eigenvalue weighted by Gasteiger charge is -2.16. The smallest absolute Gasteiger partial charge is 0.251 e. The van der Waals surface area contributed by atoms with Gasteiger partial charge < -0.3 is 16.4 Å². The van der Waals surface area contributed by atoms with Crippen molar-refractivity contribution in [2.75, 3.05) is 6.54 Å². The van der Waals surface area contributed by atoms with Crippen LogP contribution in [0.4, 0.5) is 0 Å². The molecule has 2 aromatic rings. The Morgan fingerprint density at radius 3 is 2.28 bits per heavy atom. The molecule has 0 fully saturated rings. The molecular formula is C18H18IN3O3. The molecule has 0 saturated carbocycles. The van der Waals surface area contributed by atoms with Crippen LogP contribution in [0.15, 0.2) is 54.6 Å². The summed E-state index contributed by atoms with van der Waals surface area (Å²) in [5.74, 6) is -1.45. The number of nitrogens with two attached hydrogens (primary N) is 1. The maximum atomic E-state index is 12.0. The average molecular weight is 451 g/mol. The number of hydrogen-bond donors (Lipinski definition) is 3. The highest BCUT2D eigenvalue weighted by molar-refractivity contribution is 14.1. The quantitative estimate of drug-likeness (QED) is 0.553. The van der Waals surface area contributed by atoms with Crippen LogP contribution >= 0.6 is 22.6 Å². The molecule has 0 radical (unpaired) electrons. The largest absolute Gasteiger partial charge is 0.368 e. The molecule has 7 heteroatoms. The van der Waals surface area contributed by atoms with E-state index < -0.39 is 17.9 Å². The second-order valence-electron chi connectivity index (χ2n) is 5.37. The van der Waals surface area contributed by atoms with Gasteiger partial charge in [0.2, 0.25) is 11.8 Å². The number of amides is 3. The van der Waals surface area contributed by atoms with E-state index in [9.17, 15) is 14.4 Å². The lowest BCUT2D eigenvalue weighted by atomic mass is 10.1. The first-order valence-corrected chi connectivity index (χ1v) is 8.70. The first-order chi connectivity index (χ1) is 12.0. The highest BCUT2D eigenvalue weighted by Crippen LogP contribution is 2.13. The van der Waals surface area contributed by atoms with Crippen LogP contribution in [-0.2, 0) is 16.0 Å². The van der Waals surface area contributed by atoms with Gasteiger partial charge >= 0.3 is 0 Å². The molecule has 0 bridgehead atoms. The molecular weight excluding hydrogens is 433 g/mol. The SMILES string of the molecule is NC(=O)[C@H](Cc1ccccc1I)NC(=O)CNC(=O)c1ccccc1. The van der Waals surface area contributed by atoms with Gasteiger partial charge in [-0.25, -0.2) is 0 Å². The molecule has 2 aromatic carbocycles. The molecule has 0 heterocycles. The van der Waals surface area contributed by atoms with Gasteiger partial charge in [0.05, 0.1) is 6.54 Å². The lowest BCUT2D eigenvalue weighted by molar-refractivity contribution is -0.126. The van der Waals surface area contributed by atoms with Crippen molar-refractivity contribution in [1.29, 1.82) is 0 Å². The number of halogens is 1. The minimum absolute atomic E-state index is 0.233. The summed E-state index contributed by atoms with van der Waals surface area (Å²) in [6, 6.07) is 15.3. The number of benzene rings is 2. The van der Waals surface area contributed by atoms with Gasteiger partial charge in [-0.3, -0.25) is 14.4 Å². The van der Waals surface area contributed by atoms with Gasteiger partial charge in [-0.2, -0.15) is 0 Å². The second kappa shape index (κ2) is 9.16. The van der Waals surface area contributed by atoms with E-state index in [1.807, 2.05) is 24.3 Å². The second-order valence-corrected chi connectivity index (χ2v) is 6.53. The standard InChI is InChI=1S/C18H18IN3O3/c19-14-9-5-4-8-13(14)10-15(17(20)24)22-16(23)11-21-18(25)12-6-2-1-3-7-12/h1-9,15H,10-11H2,(H2,20,24)(H,21,25)(H,22,23)/t15-/m0/s1. The summed E-state index contributed by atoms with van der Waals surface area (Å²) in [6.45, 7) is -0.233. The summed E-state index contributed by atoms with van der Waals surface area (Å²) in [4.78, 5) is 35.6. The summed E-state index contributed by atoms with van der Waals surface area (Å²) >= 11 is 2.16. The van der Waals surface area contributed by atoms with Crippen LogP contribution in [-0.4, -0.2) is 30.3 Å². The van der Waals surface area contributed by atoms with Crippen LogP contribution in [0.2, 0.25) is 0 Å². The number of nitrogens with one attached hydrogen (secondary N) is 2. The first kappa shape index (κ1) is 18.9. The number of primary amides is 1. The van der Waals surface area contributed by atoms with Crippen molar-refractivity contribution in [3.8, 4) is 0 Å². The van der Waals surface area contributed by atoms with E-state index in [1.54, 1.807) is 30.3 Å². The van der Waals surface area contributed by atoms with Crippen molar-refractivity contribution in [2.45, 2.75) is 12.5 Å². The van der Waals surface area contributed by atoms with E-state index in [1.165, 1.54) is 0 Å². The molecule has 0 unspecified atom stereocenters. The van der Waals surface area contributed by atoms with Crippen LogP contribution in [0.25, 0.3) is 0 Å². The Morgan fingerprint density at radius 2 is 1.64 bits per heavy atom. The fraction of sp³-hybridized carbons (Fsp3) is 0.167. The van der Waals surface area contributed by atoms with Crippen molar-refractivity contribution in [3.63, 3.8) is 0 Å². The summed E-state index contributed by atoms with van der Waals surface area (Å²) in [5.41, 5.74) is 6.76. The zero-order chi connectivity index (χ0) is 18.2. The molecule has 0 aliphatic heterocycles. The van der Waals surface area contributed by atoms with Gasteiger partial charge in [0, 0.05) is 15.6 Å².